The maximum atomic E-state index is 9.30. The maximum Gasteiger partial charge on any atom is 1.00 e. The first-order valence-electron chi connectivity index (χ1n) is 0.946. The summed E-state index contributed by atoms with van der Waals surface area (Å²) in [4.78, 5) is 0. The molecule has 0 fully saturated rings. The Hall–Kier alpha value is 0.910. The van der Waals surface area contributed by atoms with Gasteiger partial charge in [-0.2, -0.15) is 0 Å². The first-order valence-corrected chi connectivity index (χ1v) is 2.84. The van der Waals surface area contributed by atoms with E-state index < -0.39 is 10.0 Å². The number of hydrogen-bond donors (Lipinski definition) is 0. The molecule has 0 spiro atoms. The van der Waals surface area contributed by atoms with Crippen LogP contribution in [0.25, 0.3) is 5.14 Å². The SMILES string of the molecule is CS([NH-])(=O)=O.[Na+]. The molecule has 0 rings (SSSR count). The third-order valence-corrected chi connectivity index (χ3v) is 0. The first kappa shape index (κ1) is 10.0. The van der Waals surface area contributed by atoms with Gasteiger partial charge in [0.05, 0.1) is 10.0 Å². The van der Waals surface area contributed by atoms with E-state index >= 15 is 0 Å². The van der Waals surface area contributed by atoms with Crippen LogP contribution in [0.3, 0.4) is 0 Å². The van der Waals surface area contributed by atoms with Crippen LogP contribution in [0.15, 0.2) is 0 Å². The second-order valence-electron chi connectivity index (χ2n) is 0.772. The molecule has 0 unspecified atom stereocenters. The van der Waals surface area contributed by atoms with Gasteiger partial charge in [0.2, 0.25) is 0 Å². The Labute approximate surface area is 59.3 Å². The summed E-state index contributed by atoms with van der Waals surface area (Å²) in [7, 11) is -3.42. The normalized spacial score (nSPS) is 9.67. The van der Waals surface area contributed by atoms with Gasteiger partial charge in [-0.25, -0.2) is 8.42 Å². The Kier molecular flexibility index (Phi) is 4.98. The van der Waals surface area contributed by atoms with Gasteiger partial charge < -0.3 is 5.14 Å². The van der Waals surface area contributed by atoms with Gasteiger partial charge in [0.15, 0.2) is 0 Å². The molecule has 0 aromatic heterocycles. The van der Waals surface area contributed by atoms with Crippen LogP contribution >= 0.6 is 0 Å². The van der Waals surface area contributed by atoms with E-state index in [1.54, 1.807) is 0 Å². The zero-order valence-corrected chi connectivity index (χ0v) is 6.54. The molecule has 32 valence electrons. The van der Waals surface area contributed by atoms with Crippen LogP contribution in [-0.4, -0.2) is 14.7 Å². The zero-order chi connectivity index (χ0) is 4.50. The van der Waals surface area contributed by atoms with Gasteiger partial charge in [0, 0.05) is 6.26 Å². The van der Waals surface area contributed by atoms with E-state index in [2.05, 4.69) is 0 Å². The largest absolute Gasteiger partial charge is 1.00 e. The second-order valence-corrected chi connectivity index (χ2v) is 2.32. The Morgan fingerprint density at radius 3 is 1.50 bits per heavy atom. The third kappa shape index (κ3) is 90.6. The summed E-state index contributed by atoms with van der Waals surface area (Å²) in [6, 6.07) is 0. The van der Waals surface area contributed by atoms with Crippen molar-refractivity contribution in [1.82, 2.24) is 0 Å². The van der Waals surface area contributed by atoms with E-state index in [0.717, 1.165) is 6.26 Å². The van der Waals surface area contributed by atoms with Crippen molar-refractivity contribution in [2.45, 2.75) is 0 Å². The van der Waals surface area contributed by atoms with E-state index in [9.17, 15) is 8.42 Å². The summed E-state index contributed by atoms with van der Waals surface area (Å²) in [6.45, 7) is 0. The van der Waals surface area contributed by atoms with E-state index in [4.69, 9.17) is 5.14 Å². The van der Waals surface area contributed by atoms with Crippen molar-refractivity contribution in [2.75, 3.05) is 6.26 Å². The number of nitrogens with one attached hydrogen (secondary N) is 1. The van der Waals surface area contributed by atoms with Gasteiger partial charge in [-0.1, -0.05) is 0 Å². The molecular formula is CH4NNaO2S. The fraction of sp³-hybridized carbons (Fsp3) is 1.00. The average molecular weight is 117 g/mol. The predicted molar refractivity (Wildman–Crippen MR) is 19.2 cm³/mol. The van der Waals surface area contributed by atoms with Gasteiger partial charge in [-0.05, 0) is 0 Å². The van der Waals surface area contributed by atoms with Gasteiger partial charge in [0.25, 0.3) is 0 Å². The number of hydrogen-bond acceptors (Lipinski definition) is 2. The van der Waals surface area contributed by atoms with Crippen molar-refractivity contribution >= 4 is 10.0 Å². The average Bonchev–Trinajstić information content (AvgIpc) is 0.722. The fourth-order valence-corrected chi connectivity index (χ4v) is 0. The first-order chi connectivity index (χ1) is 2.00. The standard InChI is InChI=1S/CH4NO2S.Na/c1-5(2,3)4;/h1H3,(H-,2,3,4);/q-1;+1. The van der Waals surface area contributed by atoms with Crippen molar-refractivity contribution in [1.29, 1.82) is 0 Å². The molecule has 0 saturated carbocycles. The Bertz CT molecular complexity index is 96.7. The molecule has 3 nitrogen and oxygen atoms in total. The monoisotopic (exact) mass is 117 g/mol. The summed E-state index contributed by atoms with van der Waals surface area (Å²) in [5.41, 5.74) is 0. The van der Waals surface area contributed by atoms with Crippen LogP contribution in [0.5, 0.6) is 0 Å². The van der Waals surface area contributed by atoms with Crippen LogP contribution in [0.2, 0.25) is 0 Å². The van der Waals surface area contributed by atoms with Crippen molar-refractivity contribution in [3.63, 3.8) is 0 Å². The molecule has 0 aliphatic heterocycles. The molecule has 0 radical (unpaired) electrons. The quantitative estimate of drug-likeness (QED) is 0.317. The van der Waals surface area contributed by atoms with Crippen LogP contribution in [0.4, 0.5) is 0 Å². The molecule has 5 heteroatoms. The minimum absolute atomic E-state index is 0. The molecule has 0 aliphatic rings. The molecule has 1 N–H and O–H groups in total. The van der Waals surface area contributed by atoms with Gasteiger partial charge in [0.1, 0.15) is 0 Å². The molecule has 0 aromatic rings. The topological polar surface area (TPSA) is 57.9 Å². The Morgan fingerprint density at radius 2 is 1.50 bits per heavy atom. The Morgan fingerprint density at radius 1 is 1.50 bits per heavy atom. The smallest absolute Gasteiger partial charge is 0.564 e. The summed E-state index contributed by atoms with van der Waals surface area (Å²) < 4.78 is 18.6. The zero-order valence-electron chi connectivity index (χ0n) is 3.72. The van der Waals surface area contributed by atoms with Gasteiger partial charge in [-0.15, -0.1) is 0 Å². The van der Waals surface area contributed by atoms with Crippen LogP contribution in [-0.2, 0) is 10.0 Å². The fourth-order valence-electron chi connectivity index (χ4n) is 0. The molecule has 0 heterocycles. The minimum atomic E-state index is -3.42. The van der Waals surface area contributed by atoms with Crippen molar-refractivity contribution in [3.05, 3.63) is 5.14 Å². The summed E-state index contributed by atoms with van der Waals surface area (Å²) in [6.07, 6.45) is 0.826. The Balaban J connectivity index is 0. The summed E-state index contributed by atoms with van der Waals surface area (Å²) in [5.74, 6) is 0. The molecule has 0 saturated heterocycles. The second kappa shape index (κ2) is 2.98. The summed E-state index contributed by atoms with van der Waals surface area (Å²) >= 11 is 0. The molecule has 6 heavy (non-hydrogen) atoms. The maximum absolute atomic E-state index is 9.30. The van der Waals surface area contributed by atoms with Crippen molar-refractivity contribution in [3.8, 4) is 0 Å². The molecule has 0 amide bonds. The molecule has 0 aliphatic carbocycles. The third-order valence-electron chi connectivity index (χ3n) is 0. The number of sulfonamides is 1. The molecule has 0 atom stereocenters. The van der Waals surface area contributed by atoms with E-state index in [1.807, 2.05) is 0 Å². The van der Waals surface area contributed by atoms with E-state index in [-0.39, 0.29) is 29.6 Å². The van der Waals surface area contributed by atoms with Gasteiger partial charge in [-0.3, -0.25) is 0 Å². The van der Waals surface area contributed by atoms with Crippen LogP contribution in [0, 0.1) is 0 Å². The predicted octanol–water partition coefficient (Wildman–Crippen LogP) is -3.00. The van der Waals surface area contributed by atoms with E-state index in [0.29, 0.717) is 0 Å². The summed E-state index contributed by atoms with van der Waals surface area (Å²) in [5, 5.41) is 5.91. The molecule has 0 bridgehead atoms. The molecular weight excluding hydrogens is 113 g/mol. The minimum Gasteiger partial charge on any atom is -0.564 e. The number of rotatable bonds is 0. The van der Waals surface area contributed by atoms with Crippen molar-refractivity contribution in [2.24, 2.45) is 0 Å². The van der Waals surface area contributed by atoms with E-state index in [1.165, 1.54) is 0 Å². The van der Waals surface area contributed by atoms with Crippen LogP contribution in [0.1, 0.15) is 0 Å². The van der Waals surface area contributed by atoms with Crippen LogP contribution < -0.4 is 29.6 Å². The van der Waals surface area contributed by atoms with Gasteiger partial charge >= 0.3 is 29.6 Å². The van der Waals surface area contributed by atoms with Crippen molar-refractivity contribution < 1.29 is 38.0 Å². The molecule has 0 aromatic carbocycles.